The SMILES string of the molecule is O=C(O)c1cn(-c2nc([As])c(F)cc2F)c2c(Cl)c(N3CC(O)C3)c(F)cc2c1=O. The molecule has 2 radical (unpaired) electrons. The maximum absolute atomic E-state index is 14.8. The number of aromatic carboxylic acids is 1. The van der Waals surface area contributed by atoms with E-state index in [1.165, 1.54) is 4.90 Å². The van der Waals surface area contributed by atoms with Crippen molar-refractivity contribution in [2.75, 3.05) is 18.0 Å². The normalized spacial score (nSPS) is 14.3. The third kappa shape index (κ3) is 3.15. The van der Waals surface area contributed by atoms with Crippen molar-refractivity contribution in [3.8, 4) is 5.82 Å². The number of pyridine rings is 2. The number of aromatic nitrogens is 2. The maximum atomic E-state index is 14.8. The summed E-state index contributed by atoms with van der Waals surface area (Å²) >= 11 is 8.18. The molecule has 12 heteroatoms. The van der Waals surface area contributed by atoms with Gasteiger partial charge in [-0.1, -0.05) is 0 Å². The Bertz CT molecular complexity index is 1290. The molecule has 0 atom stereocenters. The fourth-order valence-corrected chi connectivity index (χ4v) is 4.01. The molecule has 2 aromatic heterocycles. The number of carbonyl (C=O) groups is 1. The molecule has 0 unspecified atom stereocenters. The Hall–Kier alpha value is -2.55. The van der Waals surface area contributed by atoms with Crippen LogP contribution < -0.4 is 14.8 Å². The van der Waals surface area contributed by atoms with Gasteiger partial charge in [0.15, 0.2) is 0 Å². The average Bonchev–Trinajstić information content (AvgIpc) is 2.64. The summed E-state index contributed by atoms with van der Waals surface area (Å²) < 4.78 is 43.7. The van der Waals surface area contributed by atoms with E-state index in [0.29, 0.717) is 6.07 Å². The van der Waals surface area contributed by atoms with Crippen LogP contribution in [0.2, 0.25) is 5.02 Å². The average molecular weight is 500 g/mol. The summed E-state index contributed by atoms with van der Waals surface area (Å²) in [6.45, 7) is 0.165. The van der Waals surface area contributed by atoms with E-state index in [0.717, 1.165) is 16.8 Å². The van der Waals surface area contributed by atoms with Crippen LogP contribution in [0.1, 0.15) is 10.4 Å². The number of nitrogens with zero attached hydrogens (tertiary/aromatic N) is 3. The van der Waals surface area contributed by atoms with E-state index in [1.807, 2.05) is 0 Å². The molecule has 0 spiro atoms. The van der Waals surface area contributed by atoms with Crippen LogP contribution in [0.3, 0.4) is 0 Å². The topological polar surface area (TPSA) is 95.7 Å². The van der Waals surface area contributed by atoms with Crippen molar-refractivity contribution in [2.45, 2.75) is 6.10 Å². The molecule has 30 heavy (non-hydrogen) atoms. The van der Waals surface area contributed by atoms with E-state index < -0.39 is 51.7 Å². The number of carboxylic acid groups (broad SMARTS) is 1. The molecule has 154 valence electrons. The Balaban J connectivity index is 2.14. The van der Waals surface area contributed by atoms with Crippen LogP contribution in [0.4, 0.5) is 18.9 Å². The number of hydrogen-bond acceptors (Lipinski definition) is 5. The molecule has 1 aromatic carbocycles. The van der Waals surface area contributed by atoms with Gasteiger partial charge in [-0.15, -0.1) is 0 Å². The van der Waals surface area contributed by atoms with Crippen molar-refractivity contribution in [3.05, 3.63) is 56.6 Å². The summed E-state index contributed by atoms with van der Waals surface area (Å²) in [6.07, 6.45) is 0.116. The van der Waals surface area contributed by atoms with E-state index >= 15 is 0 Å². The second-order valence-corrected chi connectivity index (χ2v) is 7.89. The van der Waals surface area contributed by atoms with Crippen molar-refractivity contribution in [1.29, 1.82) is 0 Å². The molecular formula is C18H10AsClF3N3O4. The van der Waals surface area contributed by atoms with Crippen molar-refractivity contribution in [3.63, 3.8) is 0 Å². The summed E-state index contributed by atoms with van der Waals surface area (Å²) in [5.74, 6) is -5.16. The molecule has 2 N–H and O–H groups in total. The van der Waals surface area contributed by atoms with Crippen molar-refractivity contribution < 1.29 is 28.2 Å². The Morgan fingerprint density at radius 1 is 1.20 bits per heavy atom. The summed E-state index contributed by atoms with van der Waals surface area (Å²) in [7, 11) is 0. The van der Waals surface area contributed by atoms with Crippen LogP contribution in [0.5, 0.6) is 0 Å². The fourth-order valence-electron chi connectivity index (χ4n) is 3.27. The van der Waals surface area contributed by atoms with Crippen molar-refractivity contribution in [1.82, 2.24) is 9.55 Å². The van der Waals surface area contributed by atoms with Crippen LogP contribution in [0.15, 0.2) is 23.1 Å². The number of rotatable bonds is 3. The minimum atomic E-state index is -1.63. The molecule has 3 heterocycles. The number of aliphatic hydroxyl groups excluding tert-OH is 1. The van der Waals surface area contributed by atoms with Gasteiger partial charge in [-0.05, 0) is 0 Å². The molecular weight excluding hydrogens is 490 g/mol. The fraction of sp³-hybridized carbons (Fsp3) is 0.167. The third-order valence-electron chi connectivity index (χ3n) is 4.69. The van der Waals surface area contributed by atoms with Crippen LogP contribution in [-0.4, -0.2) is 61.8 Å². The molecule has 7 nitrogen and oxygen atoms in total. The predicted molar refractivity (Wildman–Crippen MR) is 103 cm³/mol. The molecule has 0 amide bonds. The number of benzene rings is 1. The van der Waals surface area contributed by atoms with E-state index in [-0.39, 0.29) is 33.8 Å². The van der Waals surface area contributed by atoms with Crippen molar-refractivity contribution in [2.24, 2.45) is 0 Å². The number of hydrogen-bond donors (Lipinski definition) is 2. The molecule has 1 aliphatic heterocycles. The molecule has 0 aliphatic carbocycles. The molecule has 4 rings (SSSR count). The number of fused-ring (bicyclic) bond motifs is 1. The van der Waals surface area contributed by atoms with Gasteiger partial charge in [-0.3, -0.25) is 0 Å². The molecule has 0 saturated carbocycles. The van der Waals surface area contributed by atoms with Gasteiger partial charge in [-0.2, -0.15) is 0 Å². The first-order chi connectivity index (χ1) is 14.1. The molecule has 1 fully saturated rings. The van der Waals surface area contributed by atoms with Gasteiger partial charge in [-0.25, -0.2) is 0 Å². The zero-order chi connectivity index (χ0) is 21.9. The zero-order valence-corrected chi connectivity index (χ0v) is 17.4. The third-order valence-corrected chi connectivity index (χ3v) is 5.70. The first-order valence-electron chi connectivity index (χ1n) is 8.39. The first-order valence-corrected chi connectivity index (χ1v) is 9.70. The van der Waals surface area contributed by atoms with Gasteiger partial charge in [0.1, 0.15) is 0 Å². The Labute approximate surface area is 179 Å². The molecule has 3 aromatic rings. The van der Waals surface area contributed by atoms with Gasteiger partial charge < -0.3 is 0 Å². The molecule has 1 aliphatic rings. The quantitative estimate of drug-likeness (QED) is 0.525. The van der Waals surface area contributed by atoms with Gasteiger partial charge in [0.05, 0.1) is 0 Å². The number of anilines is 1. The Morgan fingerprint density at radius 3 is 2.47 bits per heavy atom. The summed E-state index contributed by atoms with van der Waals surface area (Å²) in [5.41, 5.74) is -2.14. The van der Waals surface area contributed by atoms with E-state index in [2.05, 4.69) is 4.98 Å². The van der Waals surface area contributed by atoms with Crippen LogP contribution >= 0.6 is 11.6 Å². The number of carboxylic acids is 1. The summed E-state index contributed by atoms with van der Waals surface area (Å²) in [6, 6.07) is 1.35. The number of β-amino-alcohol motifs (C(OH)–C–C–N with tert-alkyl or cyclic N) is 1. The Morgan fingerprint density at radius 2 is 1.87 bits per heavy atom. The number of halogens is 4. The van der Waals surface area contributed by atoms with Gasteiger partial charge in [0.2, 0.25) is 0 Å². The van der Waals surface area contributed by atoms with E-state index in [4.69, 9.17) is 11.6 Å². The van der Waals surface area contributed by atoms with Crippen molar-refractivity contribution >= 4 is 55.5 Å². The van der Waals surface area contributed by atoms with E-state index in [1.54, 1.807) is 16.9 Å². The van der Waals surface area contributed by atoms with Crippen LogP contribution in [0.25, 0.3) is 16.7 Å². The van der Waals surface area contributed by atoms with Crippen LogP contribution in [-0.2, 0) is 0 Å². The van der Waals surface area contributed by atoms with Gasteiger partial charge >= 0.3 is 180 Å². The molecule has 1 saturated heterocycles. The minimum absolute atomic E-state index is 0.0827. The second kappa shape index (κ2) is 7.30. The molecule has 0 bridgehead atoms. The van der Waals surface area contributed by atoms with E-state index in [9.17, 15) is 33.0 Å². The standard InChI is InChI=1S/C18H10AsClF3N3O4/c19-16-10(22)2-11(23)17(24-16)26-5-8(18(29)30)15(28)7-1-9(21)14(12(20)13(7)26)25-3-6(27)4-25/h1-2,5-6,27H,3-4H2,(H,29,30). The van der Waals surface area contributed by atoms with Crippen LogP contribution in [0, 0.1) is 17.5 Å². The predicted octanol–water partition coefficient (Wildman–Crippen LogP) is 1.13. The monoisotopic (exact) mass is 499 g/mol. The Kier molecular flexibility index (Phi) is 5.04. The second-order valence-electron chi connectivity index (χ2n) is 6.62. The summed E-state index contributed by atoms with van der Waals surface area (Å²) in [4.78, 5) is 29.4. The summed E-state index contributed by atoms with van der Waals surface area (Å²) in [5, 5.41) is 18.2. The van der Waals surface area contributed by atoms with Gasteiger partial charge in [0, 0.05) is 0 Å². The van der Waals surface area contributed by atoms with Gasteiger partial charge in [0.25, 0.3) is 0 Å². The zero-order valence-electron chi connectivity index (χ0n) is 14.7. The first kappa shape index (κ1) is 20.7. The number of aliphatic hydroxyl groups is 1.